The molecule has 2 atom stereocenters. The Bertz CT molecular complexity index is 224. The van der Waals surface area contributed by atoms with E-state index in [0.717, 1.165) is 19.4 Å². The van der Waals surface area contributed by atoms with E-state index in [4.69, 9.17) is 0 Å². The van der Waals surface area contributed by atoms with Crippen LogP contribution in [0.15, 0.2) is 0 Å². The minimum absolute atomic E-state index is 0.375. The smallest absolute Gasteiger partial charge is 0.138 e. The highest BCUT2D eigenvalue weighted by Gasteiger charge is 2.38. The summed E-state index contributed by atoms with van der Waals surface area (Å²) in [6, 6.07) is 1.18. The molecule has 1 saturated heterocycles. The number of likely N-dealkylation sites (tertiary alicyclic amines) is 1. The van der Waals surface area contributed by atoms with Crippen molar-refractivity contribution in [3.05, 3.63) is 0 Å². The molecule has 0 aromatic rings. The minimum Gasteiger partial charge on any atom is -0.299 e. The quantitative estimate of drug-likeness (QED) is 0.639. The number of fused-ring (bicyclic) bond motifs is 1. The number of ketones is 1. The maximum atomic E-state index is 11.8. The first-order valence-corrected chi connectivity index (χ1v) is 5.98. The lowest BCUT2D eigenvalue weighted by Gasteiger charge is -2.45. The van der Waals surface area contributed by atoms with Crippen LogP contribution in [0.3, 0.4) is 0 Å². The molecule has 0 aromatic heterocycles. The van der Waals surface area contributed by atoms with Gasteiger partial charge in [0.15, 0.2) is 0 Å². The van der Waals surface area contributed by atoms with E-state index in [1.54, 1.807) is 0 Å². The Kier molecular flexibility index (Phi) is 2.91. The monoisotopic (exact) mass is 195 g/mol. The molecule has 2 unspecified atom stereocenters. The summed E-state index contributed by atoms with van der Waals surface area (Å²) >= 11 is 0. The average Bonchev–Trinajstić information content (AvgIpc) is 2.18. The van der Waals surface area contributed by atoms with Crippen molar-refractivity contribution < 1.29 is 4.79 Å². The molecule has 2 aliphatic rings. The first-order valence-electron chi connectivity index (χ1n) is 5.98. The second-order valence-corrected chi connectivity index (χ2v) is 5.01. The van der Waals surface area contributed by atoms with Gasteiger partial charge in [0.05, 0.1) is 0 Å². The van der Waals surface area contributed by atoms with E-state index >= 15 is 0 Å². The molecule has 0 amide bonds. The Morgan fingerprint density at radius 1 is 1.29 bits per heavy atom. The Labute approximate surface area is 86.7 Å². The maximum absolute atomic E-state index is 11.8. The molecule has 0 bridgehead atoms. The van der Waals surface area contributed by atoms with Gasteiger partial charge in [0.2, 0.25) is 0 Å². The van der Waals surface area contributed by atoms with Gasteiger partial charge in [-0.1, -0.05) is 12.8 Å². The van der Waals surface area contributed by atoms with Crippen LogP contribution in [0.2, 0.25) is 0 Å². The number of rotatable bonds is 1. The van der Waals surface area contributed by atoms with E-state index in [2.05, 4.69) is 18.7 Å². The molecular formula is C12H21NO. The van der Waals surface area contributed by atoms with Crippen LogP contribution in [0.25, 0.3) is 0 Å². The highest BCUT2D eigenvalue weighted by molar-refractivity contribution is 5.82. The van der Waals surface area contributed by atoms with E-state index in [1.807, 2.05) is 0 Å². The first-order chi connectivity index (χ1) is 6.70. The normalized spacial score (nSPS) is 34.6. The van der Waals surface area contributed by atoms with Crippen LogP contribution in [-0.4, -0.2) is 29.3 Å². The fourth-order valence-corrected chi connectivity index (χ4v) is 3.12. The predicted octanol–water partition coefficient (Wildman–Crippen LogP) is 2.23. The predicted molar refractivity (Wildman–Crippen MR) is 57.2 cm³/mol. The number of hydrogen-bond acceptors (Lipinski definition) is 2. The third-order valence-electron chi connectivity index (χ3n) is 3.85. The van der Waals surface area contributed by atoms with Crippen LogP contribution in [0.1, 0.15) is 46.0 Å². The van der Waals surface area contributed by atoms with Gasteiger partial charge >= 0.3 is 0 Å². The number of hydrogen-bond donors (Lipinski definition) is 0. The van der Waals surface area contributed by atoms with Crippen molar-refractivity contribution in [3.8, 4) is 0 Å². The average molecular weight is 195 g/mol. The van der Waals surface area contributed by atoms with Crippen LogP contribution >= 0.6 is 0 Å². The Balaban J connectivity index is 2.12. The zero-order valence-corrected chi connectivity index (χ0v) is 9.33. The number of carbonyl (C=O) groups excluding carboxylic acids is 1. The lowest BCUT2D eigenvalue weighted by atomic mass is 9.77. The van der Waals surface area contributed by atoms with Gasteiger partial charge in [-0.15, -0.1) is 0 Å². The Morgan fingerprint density at radius 3 is 2.71 bits per heavy atom. The number of carbonyl (C=O) groups is 1. The van der Waals surface area contributed by atoms with Crippen LogP contribution < -0.4 is 0 Å². The molecular weight excluding hydrogens is 174 g/mol. The van der Waals surface area contributed by atoms with Crippen molar-refractivity contribution in [2.24, 2.45) is 5.92 Å². The van der Waals surface area contributed by atoms with Crippen LogP contribution in [0.4, 0.5) is 0 Å². The van der Waals surface area contributed by atoms with Gasteiger partial charge in [-0.05, 0) is 26.7 Å². The van der Waals surface area contributed by atoms with Crippen molar-refractivity contribution in [1.29, 1.82) is 0 Å². The zero-order valence-electron chi connectivity index (χ0n) is 9.33. The van der Waals surface area contributed by atoms with Gasteiger partial charge in [0.1, 0.15) is 5.78 Å². The van der Waals surface area contributed by atoms with E-state index in [-0.39, 0.29) is 0 Å². The zero-order chi connectivity index (χ0) is 10.1. The highest BCUT2D eigenvalue weighted by atomic mass is 16.1. The van der Waals surface area contributed by atoms with Crippen molar-refractivity contribution in [3.63, 3.8) is 0 Å². The second-order valence-electron chi connectivity index (χ2n) is 5.01. The SMILES string of the molecule is CC(C)N1CCC(=O)C2CCCCC21. The molecule has 0 radical (unpaired) electrons. The second kappa shape index (κ2) is 4.01. The van der Waals surface area contributed by atoms with Gasteiger partial charge in [-0.3, -0.25) is 9.69 Å². The van der Waals surface area contributed by atoms with Crippen molar-refractivity contribution in [1.82, 2.24) is 4.90 Å². The van der Waals surface area contributed by atoms with Gasteiger partial charge < -0.3 is 0 Å². The van der Waals surface area contributed by atoms with E-state index in [9.17, 15) is 4.79 Å². The summed E-state index contributed by atoms with van der Waals surface area (Å²) < 4.78 is 0. The third-order valence-corrected chi connectivity index (χ3v) is 3.85. The fraction of sp³-hybridized carbons (Fsp3) is 0.917. The summed E-state index contributed by atoms with van der Waals surface area (Å²) in [6.45, 7) is 5.50. The molecule has 14 heavy (non-hydrogen) atoms. The van der Waals surface area contributed by atoms with Crippen LogP contribution in [0.5, 0.6) is 0 Å². The molecule has 1 aliphatic heterocycles. The lowest BCUT2D eigenvalue weighted by molar-refractivity contribution is -0.131. The fourth-order valence-electron chi connectivity index (χ4n) is 3.12. The summed E-state index contributed by atoms with van der Waals surface area (Å²) in [6.07, 6.45) is 5.76. The molecule has 2 fully saturated rings. The number of nitrogens with zero attached hydrogens (tertiary/aromatic N) is 1. The molecule has 1 aliphatic carbocycles. The van der Waals surface area contributed by atoms with Gasteiger partial charge in [-0.2, -0.15) is 0 Å². The highest BCUT2D eigenvalue weighted by Crippen LogP contribution is 2.34. The molecule has 0 N–H and O–H groups in total. The summed E-state index contributed by atoms with van der Waals surface area (Å²) in [4.78, 5) is 14.3. The molecule has 1 saturated carbocycles. The van der Waals surface area contributed by atoms with Crippen LogP contribution in [-0.2, 0) is 4.79 Å². The molecule has 2 heteroatoms. The molecule has 0 aromatic carbocycles. The maximum Gasteiger partial charge on any atom is 0.138 e. The van der Waals surface area contributed by atoms with Crippen LogP contribution in [0, 0.1) is 5.92 Å². The molecule has 2 rings (SSSR count). The lowest BCUT2D eigenvalue weighted by Crippen LogP contribution is -2.53. The molecule has 80 valence electrons. The number of Topliss-reactive ketones (excluding diaryl/α,β-unsaturated/α-hetero) is 1. The standard InChI is InChI=1S/C12H21NO/c1-9(2)13-8-7-12(14)10-5-3-4-6-11(10)13/h9-11H,3-8H2,1-2H3. The largest absolute Gasteiger partial charge is 0.299 e. The summed E-state index contributed by atoms with van der Waals surface area (Å²) in [5, 5.41) is 0. The molecule has 0 spiro atoms. The van der Waals surface area contributed by atoms with Crippen molar-refractivity contribution in [2.75, 3.05) is 6.54 Å². The Hall–Kier alpha value is -0.370. The van der Waals surface area contributed by atoms with Gasteiger partial charge in [0.25, 0.3) is 0 Å². The Morgan fingerprint density at radius 2 is 2.00 bits per heavy atom. The minimum atomic E-state index is 0.375. The first kappa shape index (κ1) is 10.2. The van der Waals surface area contributed by atoms with Gasteiger partial charge in [-0.25, -0.2) is 0 Å². The molecule has 1 heterocycles. The van der Waals surface area contributed by atoms with E-state index < -0.39 is 0 Å². The van der Waals surface area contributed by atoms with Crippen molar-refractivity contribution in [2.45, 2.75) is 58.0 Å². The topological polar surface area (TPSA) is 20.3 Å². The van der Waals surface area contributed by atoms with Gasteiger partial charge in [0, 0.05) is 31.0 Å². The van der Waals surface area contributed by atoms with Crippen molar-refractivity contribution >= 4 is 5.78 Å². The summed E-state index contributed by atoms with van der Waals surface area (Å²) in [5.41, 5.74) is 0. The van der Waals surface area contributed by atoms with E-state index in [0.29, 0.717) is 23.8 Å². The summed E-state index contributed by atoms with van der Waals surface area (Å²) in [5.74, 6) is 0.909. The number of piperidine rings is 1. The molecule has 2 nitrogen and oxygen atoms in total. The third kappa shape index (κ3) is 1.72. The summed E-state index contributed by atoms with van der Waals surface area (Å²) in [7, 11) is 0. The van der Waals surface area contributed by atoms with E-state index in [1.165, 1.54) is 19.3 Å².